The Morgan fingerprint density at radius 3 is 2.36 bits per heavy atom. The van der Waals surface area contributed by atoms with E-state index in [1.807, 2.05) is 7.05 Å². The molecule has 68 valence electrons. The quantitative estimate of drug-likeness (QED) is 0.612. The van der Waals surface area contributed by atoms with Gasteiger partial charge in [-0.3, -0.25) is 0 Å². The summed E-state index contributed by atoms with van der Waals surface area (Å²) in [5, 5.41) is 3.33. The third kappa shape index (κ3) is 4.38. The van der Waals surface area contributed by atoms with Crippen LogP contribution in [0.4, 0.5) is 0 Å². The molecule has 0 spiro atoms. The van der Waals surface area contributed by atoms with E-state index < -0.39 is 0 Å². The van der Waals surface area contributed by atoms with Gasteiger partial charge in [-0.25, -0.2) is 0 Å². The van der Waals surface area contributed by atoms with Crippen LogP contribution in [0.1, 0.15) is 33.1 Å². The van der Waals surface area contributed by atoms with Crippen molar-refractivity contribution in [2.24, 2.45) is 11.7 Å². The lowest BCUT2D eigenvalue weighted by Crippen LogP contribution is -2.32. The van der Waals surface area contributed by atoms with Gasteiger partial charge in [-0.15, -0.1) is 0 Å². The lowest BCUT2D eigenvalue weighted by molar-refractivity contribution is 0.359. The van der Waals surface area contributed by atoms with Crippen molar-refractivity contribution < 1.29 is 0 Å². The molecule has 2 atom stereocenters. The summed E-state index contributed by atoms with van der Waals surface area (Å²) < 4.78 is 0. The van der Waals surface area contributed by atoms with Crippen molar-refractivity contribution in [3.63, 3.8) is 0 Å². The summed E-state index contributed by atoms with van der Waals surface area (Å²) in [7, 11) is 2.04. The lowest BCUT2D eigenvalue weighted by Gasteiger charge is -2.22. The van der Waals surface area contributed by atoms with Gasteiger partial charge in [0.05, 0.1) is 0 Å². The molecule has 0 fully saturated rings. The number of nitrogens with one attached hydrogen (secondary N) is 1. The van der Waals surface area contributed by atoms with E-state index in [0.717, 1.165) is 13.0 Å². The number of rotatable bonds is 6. The molecule has 0 aromatic carbocycles. The van der Waals surface area contributed by atoms with Crippen LogP contribution >= 0.6 is 0 Å². The highest BCUT2D eigenvalue weighted by Gasteiger charge is 2.12. The van der Waals surface area contributed by atoms with Crippen LogP contribution in [0.25, 0.3) is 0 Å². The summed E-state index contributed by atoms with van der Waals surface area (Å²) in [6, 6.07) is 0.656. The van der Waals surface area contributed by atoms with Crippen molar-refractivity contribution in [1.82, 2.24) is 5.32 Å². The van der Waals surface area contributed by atoms with Crippen LogP contribution in [0, 0.1) is 5.92 Å². The molecule has 2 nitrogen and oxygen atoms in total. The van der Waals surface area contributed by atoms with Gasteiger partial charge in [0.1, 0.15) is 0 Å². The summed E-state index contributed by atoms with van der Waals surface area (Å²) in [5.41, 5.74) is 5.49. The second-order valence-electron chi connectivity index (χ2n) is 3.24. The average Bonchev–Trinajstić information content (AvgIpc) is 2.00. The normalized spacial score (nSPS) is 16.4. The maximum Gasteiger partial charge on any atom is 0.00900 e. The van der Waals surface area contributed by atoms with E-state index in [9.17, 15) is 0 Å². The zero-order chi connectivity index (χ0) is 8.69. The van der Waals surface area contributed by atoms with Crippen LogP contribution in [-0.4, -0.2) is 19.6 Å². The van der Waals surface area contributed by atoms with Crippen LogP contribution in [0.5, 0.6) is 0 Å². The van der Waals surface area contributed by atoms with Gasteiger partial charge in [0.25, 0.3) is 0 Å². The Bertz CT molecular complexity index is 83.6. The molecule has 2 unspecified atom stereocenters. The molecule has 0 heterocycles. The van der Waals surface area contributed by atoms with E-state index in [-0.39, 0.29) is 0 Å². The first-order valence-corrected chi connectivity index (χ1v) is 4.63. The minimum atomic E-state index is 0.656. The molecule has 0 saturated carbocycles. The Balaban J connectivity index is 3.61. The minimum absolute atomic E-state index is 0.656. The van der Waals surface area contributed by atoms with Crippen molar-refractivity contribution in [2.45, 2.75) is 39.2 Å². The summed E-state index contributed by atoms with van der Waals surface area (Å²) in [6.45, 7) is 5.30. The maximum atomic E-state index is 5.49. The van der Waals surface area contributed by atoms with Crippen molar-refractivity contribution >= 4 is 0 Å². The van der Waals surface area contributed by atoms with Crippen LogP contribution in [0.2, 0.25) is 0 Å². The van der Waals surface area contributed by atoms with E-state index in [1.165, 1.54) is 12.8 Å². The first-order valence-electron chi connectivity index (χ1n) is 4.63. The molecule has 0 amide bonds. The third-order valence-electron chi connectivity index (χ3n) is 2.28. The lowest BCUT2D eigenvalue weighted by atomic mass is 9.95. The Kier molecular flexibility index (Phi) is 6.57. The van der Waals surface area contributed by atoms with Crippen LogP contribution in [-0.2, 0) is 0 Å². The molecule has 0 bridgehead atoms. The first-order chi connectivity index (χ1) is 5.26. The summed E-state index contributed by atoms with van der Waals surface area (Å²) in [5.74, 6) is 0.713. The van der Waals surface area contributed by atoms with E-state index >= 15 is 0 Å². The summed E-state index contributed by atoms with van der Waals surface area (Å²) >= 11 is 0. The van der Waals surface area contributed by atoms with Crippen molar-refractivity contribution in [2.75, 3.05) is 13.6 Å². The average molecular weight is 158 g/mol. The van der Waals surface area contributed by atoms with Gasteiger partial charge in [0, 0.05) is 6.04 Å². The Labute approximate surface area is 70.5 Å². The zero-order valence-corrected chi connectivity index (χ0v) is 8.06. The predicted octanol–water partition coefficient (Wildman–Crippen LogP) is 1.36. The molecule has 0 saturated heterocycles. The molecule has 0 rings (SSSR count). The fourth-order valence-corrected chi connectivity index (χ4v) is 1.49. The Morgan fingerprint density at radius 1 is 1.36 bits per heavy atom. The highest BCUT2D eigenvalue weighted by atomic mass is 14.9. The van der Waals surface area contributed by atoms with Gasteiger partial charge >= 0.3 is 0 Å². The van der Waals surface area contributed by atoms with E-state index in [2.05, 4.69) is 19.2 Å². The molecule has 0 radical (unpaired) electrons. The van der Waals surface area contributed by atoms with Gasteiger partial charge in [-0.05, 0) is 32.4 Å². The van der Waals surface area contributed by atoms with Gasteiger partial charge in [0.15, 0.2) is 0 Å². The monoisotopic (exact) mass is 158 g/mol. The van der Waals surface area contributed by atoms with E-state index in [4.69, 9.17) is 5.73 Å². The number of nitrogens with two attached hydrogens (primary N) is 1. The summed E-state index contributed by atoms with van der Waals surface area (Å²) in [4.78, 5) is 0. The topological polar surface area (TPSA) is 38.0 Å². The highest BCUT2D eigenvalue weighted by Crippen LogP contribution is 2.11. The largest absolute Gasteiger partial charge is 0.330 e. The van der Waals surface area contributed by atoms with Crippen molar-refractivity contribution in [1.29, 1.82) is 0 Å². The van der Waals surface area contributed by atoms with Crippen molar-refractivity contribution in [3.8, 4) is 0 Å². The molecule has 0 aliphatic carbocycles. The van der Waals surface area contributed by atoms with Crippen LogP contribution in [0.3, 0.4) is 0 Å². The maximum absolute atomic E-state index is 5.49. The van der Waals surface area contributed by atoms with Gasteiger partial charge < -0.3 is 11.1 Å². The molecule has 11 heavy (non-hydrogen) atoms. The van der Waals surface area contributed by atoms with Gasteiger partial charge in [0.2, 0.25) is 0 Å². The molecule has 2 heteroatoms. The second kappa shape index (κ2) is 6.62. The smallest absolute Gasteiger partial charge is 0.00900 e. The molecular formula is C9H22N2. The second-order valence-corrected chi connectivity index (χ2v) is 3.24. The molecule has 0 aromatic heterocycles. The van der Waals surface area contributed by atoms with Gasteiger partial charge in [-0.2, -0.15) is 0 Å². The van der Waals surface area contributed by atoms with Crippen molar-refractivity contribution in [3.05, 3.63) is 0 Å². The SMILES string of the molecule is CCCC(NC)C(C)CCN. The summed E-state index contributed by atoms with van der Waals surface area (Å²) in [6.07, 6.45) is 3.64. The number of hydrogen-bond donors (Lipinski definition) is 2. The van der Waals surface area contributed by atoms with E-state index in [1.54, 1.807) is 0 Å². The Morgan fingerprint density at radius 2 is 2.00 bits per heavy atom. The third-order valence-corrected chi connectivity index (χ3v) is 2.28. The standard InChI is InChI=1S/C9H22N2/c1-4-5-9(11-3)8(2)6-7-10/h8-9,11H,4-7,10H2,1-3H3. The number of hydrogen-bond acceptors (Lipinski definition) is 2. The fourth-order valence-electron chi connectivity index (χ4n) is 1.49. The molecule has 0 aliphatic heterocycles. The fraction of sp³-hybridized carbons (Fsp3) is 1.00. The molecule has 0 aromatic rings. The first kappa shape index (κ1) is 10.9. The van der Waals surface area contributed by atoms with E-state index in [0.29, 0.717) is 12.0 Å². The van der Waals surface area contributed by atoms with Crippen LogP contribution < -0.4 is 11.1 Å². The minimum Gasteiger partial charge on any atom is -0.330 e. The van der Waals surface area contributed by atoms with Gasteiger partial charge in [-0.1, -0.05) is 20.3 Å². The predicted molar refractivity (Wildman–Crippen MR) is 50.6 cm³/mol. The molecule has 0 aliphatic rings. The Hall–Kier alpha value is -0.0800. The molecular weight excluding hydrogens is 136 g/mol. The highest BCUT2D eigenvalue weighted by molar-refractivity contribution is 4.71. The zero-order valence-electron chi connectivity index (χ0n) is 8.06. The van der Waals surface area contributed by atoms with Crippen LogP contribution in [0.15, 0.2) is 0 Å². The molecule has 3 N–H and O–H groups in total.